The molecule has 18 heavy (non-hydrogen) atoms. The van der Waals surface area contributed by atoms with Crippen LogP contribution in [0.15, 0.2) is 18.2 Å². The highest BCUT2D eigenvalue weighted by Gasteiger charge is 2.09. The van der Waals surface area contributed by atoms with Gasteiger partial charge in [-0.2, -0.15) is 0 Å². The lowest BCUT2D eigenvalue weighted by atomic mass is 9.89. The van der Waals surface area contributed by atoms with E-state index in [9.17, 15) is 0 Å². The van der Waals surface area contributed by atoms with Gasteiger partial charge in [-0.15, -0.1) is 0 Å². The lowest BCUT2D eigenvalue weighted by molar-refractivity contribution is 0.527. The molecule has 1 aliphatic rings. The monoisotopic (exact) mass is 244 g/mol. The SMILES string of the molecule is CC(C)CCCCCc1ccc2c(c1)CCCC2. The molecule has 1 aromatic carbocycles. The average molecular weight is 244 g/mol. The fourth-order valence-corrected chi connectivity index (χ4v) is 3.00. The molecule has 0 fully saturated rings. The van der Waals surface area contributed by atoms with Gasteiger partial charge >= 0.3 is 0 Å². The van der Waals surface area contributed by atoms with Crippen molar-refractivity contribution in [2.75, 3.05) is 0 Å². The van der Waals surface area contributed by atoms with Gasteiger partial charge in [0.15, 0.2) is 0 Å². The molecule has 2 rings (SSSR count). The van der Waals surface area contributed by atoms with E-state index in [0.717, 1.165) is 5.92 Å². The van der Waals surface area contributed by atoms with Crippen molar-refractivity contribution in [1.82, 2.24) is 0 Å². The largest absolute Gasteiger partial charge is 0.0628 e. The van der Waals surface area contributed by atoms with Crippen LogP contribution in [0.25, 0.3) is 0 Å². The fourth-order valence-electron chi connectivity index (χ4n) is 3.00. The normalized spacial score (nSPS) is 14.8. The van der Waals surface area contributed by atoms with Crippen LogP contribution in [0, 0.1) is 5.92 Å². The summed E-state index contributed by atoms with van der Waals surface area (Å²) in [6.07, 6.45) is 12.3. The van der Waals surface area contributed by atoms with Crippen LogP contribution in [0.5, 0.6) is 0 Å². The van der Waals surface area contributed by atoms with E-state index in [4.69, 9.17) is 0 Å². The predicted molar refractivity (Wildman–Crippen MR) is 80.1 cm³/mol. The Morgan fingerprint density at radius 1 is 0.944 bits per heavy atom. The van der Waals surface area contributed by atoms with E-state index in [1.807, 2.05) is 0 Å². The van der Waals surface area contributed by atoms with Gasteiger partial charge in [0.2, 0.25) is 0 Å². The van der Waals surface area contributed by atoms with Crippen molar-refractivity contribution in [3.63, 3.8) is 0 Å². The van der Waals surface area contributed by atoms with Crippen LogP contribution >= 0.6 is 0 Å². The molecule has 1 aromatic rings. The summed E-state index contributed by atoms with van der Waals surface area (Å²) >= 11 is 0. The minimum absolute atomic E-state index is 0.869. The second-order valence-corrected chi connectivity index (χ2v) is 6.30. The lowest BCUT2D eigenvalue weighted by Gasteiger charge is -2.16. The average Bonchev–Trinajstić information content (AvgIpc) is 2.38. The third kappa shape index (κ3) is 4.15. The quantitative estimate of drug-likeness (QED) is 0.594. The molecule has 0 bridgehead atoms. The maximum Gasteiger partial charge on any atom is -0.0276 e. The summed E-state index contributed by atoms with van der Waals surface area (Å²) in [6, 6.07) is 7.24. The summed E-state index contributed by atoms with van der Waals surface area (Å²) in [5, 5.41) is 0. The zero-order valence-electron chi connectivity index (χ0n) is 12.2. The number of fused-ring (bicyclic) bond motifs is 1. The second-order valence-electron chi connectivity index (χ2n) is 6.30. The van der Waals surface area contributed by atoms with Crippen molar-refractivity contribution < 1.29 is 0 Å². The molecule has 0 aromatic heterocycles. The van der Waals surface area contributed by atoms with E-state index < -0.39 is 0 Å². The third-order valence-corrected chi connectivity index (χ3v) is 4.16. The first-order valence-corrected chi connectivity index (χ1v) is 7.86. The van der Waals surface area contributed by atoms with Crippen molar-refractivity contribution in [2.45, 2.75) is 71.6 Å². The summed E-state index contributed by atoms with van der Waals surface area (Å²) in [4.78, 5) is 0. The maximum absolute atomic E-state index is 2.48. The Morgan fingerprint density at radius 2 is 1.72 bits per heavy atom. The Hall–Kier alpha value is -0.780. The van der Waals surface area contributed by atoms with Gasteiger partial charge in [-0.05, 0) is 61.1 Å². The molecule has 0 atom stereocenters. The van der Waals surface area contributed by atoms with Gasteiger partial charge in [0, 0.05) is 0 Å². The van der Waals surface area contributed by atoms with Crippen molar-refractivity contribution in [3.05, 3.63) is 34.9 Å². The second kappa shape index (κ2) is 6.97. The van der Waals surface area contributed by atoms with Crippen LogP contribution in [0.2, 0.25) is 0 Å². The first-order valence-electron chi connectivity index (χ1n) is 7.86. The Morgan fingerprint density at radius 3 is 2.50 bits per heavy atom. The topological polar surface area (TPSA) is 0 Å². The number of aryl methyl sites for hydroxylation is 3. The van der Waals surface area contributed by atoms with Gasteiger partial charge in [0.1, 0.15) is 0 Å². The molecule has 0 heterocycles. The molecule has 1 aliphatic carbocycles. The summed E-state index contributed by atoms with van der Waals surface area (Å²) in [5.41, 5.74) is 4.82. The molecule has 0 saturated heterocycles. The van der Waals surface area contributed by atoms with Crippen LogP contribution in [-0.4, -0.2) is 0 Å². The number of benzene rings is 1. The Labute approximate surface area is 113 Å². The Bertz CT molecular complexity index is 362. The van der Waals surface area contributed by atoms with Crippen LogP contribution in [-0.2, 0) is 19.3 Å². The fraction of sp³-hybridized carbons (Fsp3) is 0.667. The van der Waals surface area contributed by atoms with E-state index in [-0.39, 0.29) is 0 Å². The van der Waals surface area contributed by atoms with Gasteiger partial charge in [0.05, 0.1) is 0 Å². The smallest absolute Gasteiger partial charge is 0.0276 e. The molecular weight excluding hydrogens is 216 g/mol. The number of hydrogen-bond donors (Lipinski definition) is 0. The van der Waals surface area contributed by atoms with E-state index >= 15 is 0 Å². The summed E-state index contributed by atoms with van der Waals surface area (Å²) < 4.78 is 0. The minimum atomic E-state index is 0.869. The molecular formula is C18H28. The Kier molecular flexibility index (Phi) is 5.28. The minimum Gasteiger partial charge on any atom is -0.0628 e. The van der Waals surface area contributed by atoms with Gasteiger partial charge in [-0.3, -0.25) is 0 Å². The van der Waals surface area contributed by atoms with Crippen LogP contribution in [0.3, 0.4) is 0 Å². The highest BCUT2D eigenvalue weighted by atomic mass is 14.1. The van der Waals surface area contributed by atoms with Crippen molar-refractivity contribution in [1.29, 1.82) is 0 Å². The first-order chi connectivity index (χ1) is 8.75. The van der Waals surface area contributed by atoms with E-state index in [2.05, 4.69) is 32.0 Å². The highest BCUT2D eigenvalue weighted by Crippen LogP contribution is 2.23. The zero-order valence-corrected chi connectivity index (χ0v) is 12.2. The molecule has 0 unspecified atom stereocenters. The van der Waals surface area contributed by atoms with Crippen LogP contribution < -0.4 is 0 Å². The summed E-state index contributed by atoms with van der Waals surface area (Å²) in [7, 11) is 0. The summed E-state index contributed by atoms with van der Waals surface area (Å²) in [6.45, 7) is 4.65. The van der Waals surface area contributed by atoms with E-state index in [0.29, 0.717) is 0 Å². The van der Waals surface area contributed by atoms with Gasteiger partial charge < -0.3 is 0 Å². The first kappa shape index (κ1) is 13.6. The molecule has 0 amide bonds. The van der Waals surface area contributed by atoms with E-state index in [1.54, 1.807) is 16.7 Å². The molecule has 0 aliphatic heterocycles. The highest BCUT2D eigenvalue weighted by molar-refractivity contribution is 5.33. The van der Waals surface area contributed by atoms with Crippen molar-refractivity contribution in [3.8, 4) is 0 Å². The molecule has 0 heteroatoms. The van der Waals surface area contributed by atoms with E-state index in [1.165, 1.54) is 57.8 Å². The molecule has 0 saturated carbocycles. The number of unbranched alkanes of at least 4 members (excludes halogenated alkanes) is 2. The predicted octanol–water partition coefficient (Wildman–Crippen LogP) is 5.32. The zero-order chi connectivity index (χ0) is 12.8. The summed E-state index contributed by atoms with van der Waals surface area (Å²) in [5.74, 6) is 0.869. The van der Waals surface area contributed by atoms with Crippen molar-refractivity contribution in [2.24, 2.45) is 5.92 Å². The molecule has 100 valence electrons. The molecule has 0 nitrogen and oxygen atoms in total. The number of rotatable bonds is 6. The molecule has 0 radical (unpaired) electrons. The standard InChI is InChI=1S/C18H28/c1-15(2)8-4-3-5-9-16-12-13-17-10-6-7-11-18(17)14-16/h12-15H,3-11H2,1-2H3. The van der Waals surface area contributed by atoms with Gasteiger partial charge in [-0.25, -0.2) is 0 Å². The van der Waals surface area contributed by atoms with Gasteiger partial charge in [0.25, 0.3) is 0 Å². The van der Waals surface area contributed by atoms with Crippen molar-refractivity contribution >= 4 is 0 Å². The molecule has 0 N–H and O–H groups in total. The number of hydrogen-bond acceptors (Lipinski definition) is 0. The maximum atomic E-state index is 2.48. The van der Waals surface area contributed by atoms with Crippen LogP contribution in [0.4, 0.5) is 0 Å². The third-order valence-electron chi connectivity index (χ3n) is 4.16. The Balaban J connectivity index is 1.76. The van der Waals surface area contributed by atoms with Crippen LogP contribution in [0.1, 0.15) is 69.1 Å². The lowest BCUT2D eigenvalue weighted by Crippen LogP contribution is -2.03. The molecule has 0 spiro atoms. The van der Waals surface area contributed by atoms with Gasteiger partial charge in [-0.1, -0.05) is 51.3 Å².